The molecule has 0 bridgehead atoms. The van der Waals surface area contributed by atoms with Crippen LogP contribution >= 0.6 is 0 Å². The standard InChI is InChI=1S/C13H17F5N2O3Si/c1-4-22-24(3,23-5-2)13(15,16)20(18)12(21)19(17)11-9-7-6-8-10(11)14/h6-9H,4-5H2,1-3H3. The van der Waals surface area contributed by atoms with Crippen molar-refractivity contribution in [3.63, 3.8) is 0 Å². The van der Waals surface area contributed by atoms with Gasteiger partial charge < -0.3 is 8.85 Å². The Balaban J connectivity index is 3.11. The maximum atomic E-state index is 14.3. The Morgan fingerprint density at radius 3 is 2.12 bits per heavy atom. The number of alkyl halides is 2. The highest BCUT2D eigenvalue weighted by atomic mass is 28.4. The average molecular weight is 372 g/mol. The molecule has 0 heterocycles. The normalized spacial score (nSPS) is 12.2. The zero-order chi connectivity index (χ0) is 18.5. The first kappa shape index (κ1) is 20.3. The van der Waals surface area contributed by atoms with Crippen molar-refractivity contribution in [2.24, 2.45) is 0 Å². The van der Waals surface area contributed by atoms with E-state index in [9.17, 15) is 26.9 Å². The van der Waals surface area contributed by atoms with Crippen LogP contribution in [0.1, 0.15) is 13.8 Å². The number of carbonyl (C=O) groups excluding carboxylic acids is 1. The van der Waals surface area contributed by atoms with Gasteiger partial charge in [-0.2, -0.15) is 8.78 Å². The third-order valence-electron chi connectivity index (χ3n) is 3.03. The largest absolute Gasteiger partial charge is 0.442 e. The number of urea groups is 1. The van der Waals surface area contributed by atoms with Crippen LogP contribution in [0.2, 0.25) is 6.55 Å². The van der Waals surface area contributed by atoms with E-state index < -0.39 is 42.0 Å². The van der Waals surface area contributed by atoms with Crippen LogP contribution in [0.3, 0.4) is 0 Å². The number of hydrogen-bond donors (Lipinski definition) is 0. The van der Waals surface area contributed by atoms with E-state index in [-0.39, 0.29) is 13.2 Å². The van der Waals surface area contributed by atoms with Crippen molar-refractivity contribution in [3.05, 3.63) is 30.1 Å². The van der Waals surface area contributed by atoms with Crippen molar-refractivity contribution in [2.45, 2.75) is 26.1 Å². The summed E-state index contributed by atoms with van der Waals surface area (Å²) >= 11 is 0. The van der Waals surface area contributed by atoms with E-state index in [1.807, 2.05) is 0 Å². The predicted molar refractivity (Wildman–Crippen MR) is 78.1 cm³/mol. The summed E-state index contributed by atoms with van der Waals surface area (Å²) in [5.74, 6) is -1.22. The summed E-state index contributed by atoms with van der Waals surface area (Å²) in [6.45, 7) is 3.14. The summed E-state index contributed by atoms with van der Waals surface area (Å²) in [6.07, 6.45) is 0. The fourth-order valence-electron chi connectivity index (χ4n) is 1.86. The summed E-state index contributed by atoms with van der Waals surface area (Å²) < 4.78 is 79.6. The monoisotopic (exact) mass is 372 g/mol. The van der Waals surface area contributed by atoms with Crippen LogP contribution in [-0.2, 0) is 8.85 Å². The Kier molecular flexibility index (Phi) is 6.69. The first-order valence-electron chi connectivity index (χ1n) is 6.98. The Morgan fingerprint density at radius 2 is 1.67 bits per heavy atom. The molecule has 0 fully saturated rings. The molecule has 136 valence electrons. The van der Waals surface area contributed by atoms with Crippen LogP contribution in [0.25, 0.3) is 0 Å². The highest BCUT2D eigenvalue weighted by molar-refractivity contribution is 6.68. The molecule has 1 rings (SSSR count). The molecule has 0 aromatic heterocycles. The lowest BCUT2D eigenvalue weighted by molar-refractivity contribution is -0.171. The lowest BCUT2D eigenvalue weighted by Crippen LogP contribution is -2.64. The van der Waals surface area contributed by atoms with E-state index in [1.54, 1.807) is 0 Å². The van der Waals surface area contributed by atoms with Crippen LogP contribution < -0.4 is 5.12 Å². The van der Waals surface area contributed by atoms with Crippen molar-refractivity contribution in [1.29, 1.82) is 0 Å². The van der Waals surface area contributed by atoms with Crippen LogP contribution in [0, 0.1) is 5.82 Å². The molecule has 0 unspecified atom stereocenters. The SMILES string of the molecule is CCO[Si](C)(OCC)C(F)(F)N(F)C(=O)N(F)c1ccccc1F. The Labute approximate surface area is 136 Å². The van der Waals surface area contributed by atoms with Gasteiger partial charge in [0, 0.05) is 13.2 Å². The molecule has 0 atom stereocenters. The second kappa shape index (κ2) is 7.90. The van der Waals surface area contributed by atoms with E-state index in [0.717, 1.165) is 24.7 Å². The van der Waals surface area contributed by atoms with Crippen molar-refractivity contribution >= 4 is 20.3 Å². The molecular formula is C13H17F5N2O3Si. The molecule has 0 aliphatic carbocycles. The molecule has 1 aromatic carbocycles. The van der Waals surface area contributed by atoms with Gasteiger partial charge in [0.25, 0.3) is 0 Å². The highest BCUT2D eigenvalue weighted by Crippen LogP contribution is 2.35. The molecule has 5 nitrogen and oxygen atoms in total. The van der Waals surface area contributed by atoms with E-state index in [1.165, 1.54) is 19.9 Å². The lowest BCUT2D eigenvalue weighted by Gasteiger charge is -2.35. The smallest absolute Gasteiger partial charge is 0.390 e. The molecule has 0 saturated carbocycles. The quantitative estimate of drug-likeness (QED) is 0.313. The number of amides is 2. The van der Waals surface area contributed by atoms with Crippen LogP contribution in [-0.4, -0.2) is 38.6 Å². The van der Waals surface area contributed by atoms with Crippen LogP contribution in [0.15, 0.2) is 24.3 Å². The number of halogens is 5. The molecule has 0 spiro atoms. The van der Waals surface area contributed by atoms with Gasteiger partial charge in [-0.15, -0.1) is 5.12 Å². The molecular weight excluding hydrogens is 355 g/mol. The first-order valence-corrected chi connectivity index (χ1v) is 9.30. The molecule has 11 heteroatoms. The molecule has 0 aliphatic rings. The van der Waals surface area contributed by atoms with Crippen molar-refractivity contribution in [2.75, 3.05) is 18.3 Å². The topological polar surface area (TPSA) is 42.0 Å². The van der Waals surface area contributed by atoms with Gasteiger partial charge in [-0.1, -0.05) is 26.2 Å². The van der Waals surface area contributed by atoms with E-state index >= 15 is 0 Å². The maximum Gasteiger partial charge on any atom is 0.442 e. The minimum absolute atomic E-state index is 0.229. The molecule has 0 saturated heterocycles. The summed E-state index contributed by atoms with van der Waals surface area (Å²) in [5, 5.41) is -2.67. The van der Waals surface area contributed by atoms with Gasteiger partial charge >= 0.3 is 20.3 Å². The van der Waals surface area contributed by atoms with Gasteiger partial charge in [0.1, 0.15) is 11.5 Å². The highest BCUT2D eigenvalue weighted by Gasteiger charge is 2.65. The van der Waals surface area contributed by atoms with E-state index in [2.05, 4.69) is 0 Å². The second-order valence-corrected chi connectivity index (χ2v) is 7.72. The minimum atomic E-state index is -4.55. The van der Waals surface area contributed by atoms with E-state index in [0.29, 0.717) is 0 Å². The van der Waals surface area contributed by atoms with Gasteiger partial charge in [0.2, 0.25) is 0 Å². The number of benzene rings is 1. The molecule has 0 radical (unpaired) electrons. The van der Waals surface area contributed by atoms with Gasteiger partial charge in [0.15, 0.2) is 0 Å². The average Bonchev–Trinajstić information content (AvgIpc) is 2.53. The zero-order valence-electron chi connectivity index (χ0n) is 13.2. The van der Waals surface area contributed by atoms with Crippen molar-refractivity contribution < 1.29 is 35.8 Å². The zero-order valence-corrected chi connectivity index (χ0v) is 14.2. The van der Waals surface area contributed by atoms with Crippen molar-refractivity contribution in [1.82, 2.24) is 5.12 Å². The lowest BCUT2D eigenvalue weighted by atomic mass is 10.3. The maximum absolute atomic E-state index is 14.3. The Hall–Kier alpha value is -1.72. The third-order valence-corrected chi connectivity index (χ3v) is 6.00. The predicted octanol–water partition coefficient (Wildman–Crippen LogP) is 4.10. The van der Waals surface area contributed by atoms with Crippen LogP contribution in [0.5, 0.6) is 0 Å². The summed E-state index contributed by atoms with van der Waals surface area (Å²) in [5.41, 5.74) is -5.55. The van der Waals surface area contributed by atoms with Gasteiger partial charge in [-0.05, 0) is 32.5 Å². The molecule has 1 aromatic rings. The fraction of sp³-hybridized carbons (Fsp3) is 0.462. The summed E-state index contributed by atoms with van der Waals surface area (Å²) in [4.78, 5) is 11.7. The van der Waals surface area contributed by atoms with E-state index in [4.69, 9.17) is 8.85 Å². The van der Waals surface area contributed by atoms with Gasteiger partial charge in [0.05, 0.1) is 0 Å². The number of para-hydroxylation sites is 1. The number of carbonyl (C=O) groups is 1. The number of nitrogens with zero attached hydrogens (tertiary/aromatic N) is 2. The summed E-state index contributed by atoms with van der Waals surface area (Å²) in [7, 11) is -4.55. The molecule has 0 aliphatic heterocycles. The first-order chi connectivity index (χ1) is 11.1. The number of hydrogen-bond acceptors (Lipinski definition) is 3. The number of anilines is 1. The third kappa shape index (κ3) is 3.84. The van der Waals surface area contributed by atoms with Gasteiger partial charge in [-0.3, -0.25) is 0 Å². The van der Waals surface area contributed by atoms with Crippen molar-refractivity contribution in [3.8, 4) is 0 Å². The fourth-order valence-corrected chi connectivity index (χ4v) is 3.84. The number of rotatable bonds is 7. The molecule has 0 N–H and O–H groups in total. The molecule has 2 amide bonds. The molecule has 24 heavy (non-hydrogen) atoms. The summed E-state index contributed by atoms with van der Waals surface area (Å²) in [6, 6.07) is 1.52. The van der Waals surface area contributed by atoms with Crippen LogP contribution in [0.4, 0.5) is 32.6 Å². The Bertz CT molecular complexity index is 572. The second-order valence-electron chi connectivity index (χ2n) is 4.65. The Morgan fingerprint density at radius 1 is 1.17 bits per heavy atom. The minimum Gasteiger partial charge on any atom is -0.390 e. The van der Waals surface area contributed by atoms with Gasteiger partial charge in [-0.25, -0.2) is 9.18 Å².